The Hall–Kier alpha value is -2.79. The summed E-state index contributed by atoms with van der Waals surface area (Å²) in [6, 6.07) is 16.5. The van der Waals surface area contributed by atoms with Crippen LogP contribution in [-0.2, 0) is 4.74 Å². The Morgan fingerprint density at radius 2 is 1.72 bits per heavy atom. The zero-order chi connectivity index (χ0) is 17.2. The highest BCUT2D eigenvalue weighted by Crippen LogP contribution is 2.32. The Kier molecular flexibility index (Phi) is 4.15. The normalized spacial score (nSPS) is 17.0. The van der Waals surface area contributed by atoms with Gasteiger partial charge in [0.1, 0.15) is 11.6 Å². The number of rotatable bonds is 4. The predicted molar refractivity (Wildman–Crippen MR) is 94.8 cm³/mol. The molecule has 1 aliphatic heterocycles. The van der Waals surface area contributed by atoms with E-state index in [9.17, 15) is 4.39 Å². The largest absolute Gasteiger partial charge is 0.497 e. The fourth-order valence-electron chi connectivity index (χ4n) is 3.12. The van der Waals surface area contributed by atoms with Crippen molar-refractivity contribution in [2.24, 2.45) is 0 Å². The molecule has 4 nitrogen and oxygen atoms in total. The van der Waals surface area contributed by atoms with Crippen molar-refractivity contribution >= 4 is 5.69 Å². The van der Waals surface area contributed by atoms with Crippen molar-refractivity contribution in [3.05, 3.63) is 78.4 Å². The van der Waals surface area contributed by atoms with Crippen molar-refractivity contribution in [2.45, 2.75) is 6.23 Å². The predicted octanol–water partition coefficient (Wildman–Crippen LogP) is 4.16. The van der Waals surface area contributed by atoms with Crippen LogP contribution in [0.4, 0.5) is 10.1 Å². The summed E-state index contributed by atoms with van der Waals surface area (Å²) in [7, 11) is 1.66. The van der Waals surface area contributed by atoms with E-state index in [2.05, 4.69) is 21.7 Å². The minimum atomic E-state index is -0.230. The van der Waals surface area contributed by atoms with Gasteiger partial charge in [0.2, 0.25) is 0 Å². The van der Waals surface area contributed by atoms with Crippen LogP contribution in [0, 0.1) is 5.82 Å². The molecule has 5 heteroatoms. The molecule has 0 unspecified atom stereocenters. The van der Waals surface area contributed by atoms with Gasteiger partial charge in [0.15, 0.2) is 6.23 Å². The molecular weight excluding hydrogens is 319 g/mol. The monoisotopic (exact) mass is 338 g/mol. The fraction of sp³-hybridized carbons (Fsp3) is 0.200. The highest BCUT2D eigenvalue weighted by molar-refractivity contribution is 5.49. The van der Waals surface area contributed by atoms with E-state index < -0.39 is 0 Å². The molecule has 1 saturated heterocycles. The summed E-state index contributed by atoms with van der Waals surface area (Å²) < 4.78 is 26.4. The summed E-state index contributed by atoms with van der Waals surface area (Å²) in [6.07, 6.45) is 3.92. The van der Waals surface area contributed by atoms with Gasteiger partial charge < -0.3 is 18.9 Å². The van der Waals surface area contributed by atoms with Gasteiger partial charge in [-0.25, -0.2) is 4.39 Å². The van der Waals surface area contributed by atoms with Gasteiger partial charge in [-0.2, -0.15) is 0 Å². The van der Waals surface area contributed by atoms with Gasteiger partial charge in [-0.15, -0.1) is 0 Å². The molecule has 0 radical (unpaired) electrons. The first kappa shape index (κ1) is 15.7. The van der Waals surface area contributed by atoms with Crippen molar-refractivity contribution in [1.29, 1.82) is 0 Å². The first-order valence-electron chi connectivity index (χ1n) is 8.21. The van der Waals surface area contributed by atoms with E-state index in [0.29, 0.717) is 6.61 Å². The molecule has 1 aliphatic rings. The minimum absolute atomic E-state index is 0.162. The number of nitrogens with zero attached hydrogens (tertiary/aromatic N) is 2. The first-order chi connectivity index (χ1) is 12.2. The van der Waals surface area contributed by atoms with Crippen molar-refractivity contribution in [1.82, 2.24) is 4.57 Å². The third kappa shape index (κ3) is 3.10. The van der Waals surface area contributed by atoms with E-state index in [1.807, 2.05) is 30.5 Å². The lowest BCUT2D eigenvalue weighted by atomic mass is 10.2. The van der Waals surface area contributed by atoms with Crippen molar-refractivity contribution in [2.75, 3.05) is 25.2 Å². The fourth-order valence-corrected chi connectivity index (χ4v) is 3.12. The number of benzene rings is 2. The molecule has 1 atom stereocenters. The van der Waals surface area contributed by atoms with Crippen LogP contribution < -0.4 is 9.64 Å². The van der Waals surface area contributed by atoms with Crippen LogP contribution in [0.2, 0.25) is 0 Å². The average Bonchev–Trinajstić information content (AvgIpc) is 3.31. The molecule has 3 aromatic rings. The maximum absolute atomic E-state index is 13.2. The van der Waals surface area contributed by atoms with Crippen LogP contribution in [0.1, 0.15) is 11.8 Å². The van der Waals surface area contributed by atoms with Gasteiger partial charge in [0, 0.05) is 35.9 Å². The first-order valence-corrected chi connectivity index (χ1v) is 8.21. The third-order valence-corrected chi connectivity index (χ3v) is 4.42. The van der Waals surface area contributed by atoms with Crippen molar-refractivity contribution in [3.8, 4) is 11.4 Å². The van der Waals surface area contributed by atoms with E-state index in [1.54, 1.807) is 19.2 Å². The van der Waals surface area contributed by atoms with Crippen molar-refractivity contribution < 1.29 is 13.9 Å². The topological polar surface area (TPSA) is 26.6 Å². The van der Waals surface area contributed by atoms with Crippen LogP contribution in [0.5, 0.6) is 5.75 Å². The highest BCUT2D eigenvalue weighted by atomic mass is 19.1. The molecule has 25 heavy (non-hydrogen) atoms. The Morgan fingerprint density at radius 3 is 2.44 bits per heavy atom. The second-order valence-electron chi connectivity index (χ2n) is 5.94. The van der Waals surface area contributed by atoms with Gasteiger partial charge in [-0.3, -0.25) is 0 Å². The maximum atomic E-state index is 13.2. The molecule has 1 aromatic heterocycles. The summed E-state index contributed by atoms with van der Waals surface area (Å²) in [4.78, 5) is 2.15. The molecule has 0 bridgehead atoms. The number of anilines is 1. The molecule has 1 fully saturated rings. The molecule has 0 N–H and O–H groups in total. The molecule has 128 valence electrons. The Morgan fingerprint density at radius 1 is 1.00 bits per heavy atom. The average molecular weight is 338 g/mol. The zero-order valence-electron chi connectivity index (χ0n) is 13.9. The minimum Gasteiger partial charge on any atom is -0.497 e. The SMILES string of the molecule is COc1ccc(-n2ccc([C@H]3OCCN3c3ccc(F)cc3)c2)cc1. The Balaban J connectivity index is 1.58. The molecule has 0 spiro atoms. The summed E-state index contributed by atoms with van der Waals surface area (Å²) in [5.41, 5.74) is 3.08. The zero-order valence-corrected chi connectivity index (χ0v) is 13.9. The van der Waals surface area contributed by atoms with Gasteiger partial charge in [0.05, 0.1) is 13.7 Å². The van der Waals surface area contributed by atoms with E-state index in [-0.39, 0.29) is 12.0 Å². The second-order valence-corrected chi connectivity index (χ2v) is 5.94. The molecule has 0 amide bonds. The number of methoxy groups -OCH3 is 1. The van der Waals surface area contributed by atoms with Crippen LogP contribution >= 0.6 is 0 Å². The Labute approximate surface area is 146 Å². The lowest BCUT2D eigenvalue weighted by Gasteiger charge is -2.24. The molecule has 0 saturated carbocycles. The van der Waals surface area contributed by atoms with Gasteiger partial charge in [-0.1, -0.05) is 0 Å². The van der Waals surface area contributed by atoms with Crippen LogP contribution in [-0.4, -0.2) is 24.8 Å². The van der Waals surface area contributed by atoms with Gasteiger partial charge >= 0.3 is 0 Å². The number of aromatic nitrogens is 1. The second kappa shape index (κ2) is 6.61. The number of ether oxygens (including phenoxy) is 2. The molecule has 2 aromatic carbocycles. The summed E-state index contributed by atoms with van der Waals surface area (Å²) >= 11 is 0. The number of hydrogen-bond donors (Lipinski definition) is 0. The van der Waals surface area contributed by atoms with Crippen molar-refractivity contribution in [3.63, 3.8) is 0 Å². The Bertz CT molecular complexity index is 843. The lowest BCUT2D eigenvalue weighted by Crippen LogP contribution is -2.22. The summed E-state index contributed by atoms with van der Waals surface area (Å²) in [6.45, 7) is 1.43. The summed E-state index contributed by atoms with van der Waals surface area (Å²) in [5.74, 6) is 0.601. The number of hydrogen-bond acceptors (Lipinski definition) is 3. The molecule has 2 heterocycles. The van der Waals surface area contributed by atoms with E-state index in [0.717, 1.165) is 29.2 Å². The number of halogens is 1. The van der Waals surface area contributed by atoms with Crippen LogP contribution in [0.15, 0.2) is 67.0 Å². The highest BCUT2D eigenvalue weighted by Gasteiger charge is 2.27. The van der Waals surface area contributed by atoms with Gasteiger partial charge in [0.25, 0.3) is 0 Å². The summed E-state index contributed by atoms with van der Waals surface area (Å²) in [5, 5.41) is 0. The van der Waals surface area contributed by atoms with Crippen LogP contribution in [0.25, 0.3) is 5.69 Å². The van der Waals surface area contributed by atoms with Crippen LogP contribution in [0.3, 0.4) is 0 Å². The molecular formula is C20H19FN2O2. The van der Waals surface area contributed by atoms with E-state index in [1.165, 1.54) is 12.1 Å². The van der Waals surface area contributed by atoms with Gasteiger partial charge in [-0.05, 0) is 54.6 Å². The maximum Gasteiger partial charge on any atom is 0.158 e. The molecule has 4 rings (SSSR count). The molecule has 0 aliphatic carbocycles. The smallest absolute Gasteiger partial charge is 0.158 e. The quantitative estimate of drug-likeness (QED) is 0.715. The third-order valence-electron chi connectivity index (χ3n) is 4.42. The van der Waals surface area contributed by atoms with E-state index >= 15 is 0 Å². The van der Waals surface area contributed by atoms with E-state index in [4.69, 9.17) is 9.47 Å². The standard InChI is InChI=1S/C20H19FN2O2/c1-24-19-8-6-17(7-9-19)22-11-10-15(14-22)20-23(12-13-25-20)18-4-2-16(21)3-5-18/h2-11,14,20H,12-13H2,1H3/t20-/m1/s1. The lowest BCUT2D eigenvalue weighted by molar-refractivity contribution is 0.114.